The first kappa shape index (κ1) is 23.9. The Morgan fingerprint density at radius 3 is 2.54 bits per heavy atom. The molecule has 2 aromatic heterocycles. The molecule has 0 aliphatic heterocycles. The van der Waals surface area contributed by atoms with Gasteiger partial charge < -0.3 is 19.7 Å². The second kappa shape index (κ2) is 9.19. The van der Waals surface area contributed by atoms with E-state index in [1.54, 1.807) is 47.0 Å². The number of carboxylic acids is 1. The molecule has 4 rings (SSSR count). The second-order valence-electron chi connectivity index (χ2n) is 8.65. The Hall–Kier alpha value is -4.23. The molecule has 9 nitrogen and oxygen atoms in total. The zero-order chi connectivity index (χ0) is 25.3. The number of anilines is 2. The SMILES string of the molecule is CC(C)(C)n1cc(C(=O)O)c(=O)c2cc(Br)c(Oc3ccnc(Nc4ccc(C#N)cc4)n3)cc21. The Morgan fingerprint density at radius 1 is 1.20 bits per heavy atom. The van der Waals surface area contributed by atoms with Crippen molar-refractivity contribution >= 4 is 44.4 Å². The topological polar surface area (TPSA) is 130 Å². The quantitative estimate of drug-likeness (QED) is 0.348. The first-order chi connectivity index (χ1) is 16.6. The highest BCUT2D eigenvalue weighted by Crippen LogP contribution is 2.34. The monoisotopic (exact) mass is 533 g/mol. The van der Waals surface area contributed by atoms with Crippen molar-refractivity contribution in [3.63, 3.8) is 0 Å². The summed E-state index contributed by atoms with van der Waals surface area (Å²) >= 11 is 3.43. The third-order valence-electron chi connectivity index (χ3n) is 5.13. The third-order valence-corrected chi connectivity index (χ3v) is 5.74. The van der Waals surface area contributed by atoms with Gasteiger partial charge in [0.2, 0.25) is 17.3 Å². The van der Waals surface area contributed by atoms with Gasteiger partial charge in [0.25, 0.3) is 0 Å². The third kappa shape index (κ3) is 5.00. The molecule has 35 heavy (non-hydrogen) atoms. The smallest absolute Gasteiger partial charge is 0.341 e. The lowest BCUT2D eigenvalue weighted by Crippen LogP contribution is -2.27. The lowest BCUT2D eigenvalue weighted by molar-refractivity contribution is 0.0694. The van der Waals surface area contributed by atoms with Gasteiger partial charge in [-0.1, -0.05) is 0 Å². The summed E-state index contributed by atoms with van der Waals surface area (Å²) in [5.74, 6) is -0.347. The number of carbonyl (C=O) groups is 1. The fourth-order valence-electron chi connectivity index (χ4n) is 3.44. The van der Waals surface area contributed by atoms with Gasteiger partial charge in [-0.15, -0.1) is 0 Å². The number of pyridine rings is 1. The maximum absolute atomic E-state index is 12.8. The van der Waals surface area contributed by atoms with Crippen LogP contribution in [-0.2, 0) is 5.54 Å². The molecule has 0 radical (unpaired) electrons. The highest BCUT2D eigenvalue weighted by molar-refractivity contribution is 9.10. The number of nitrogens with one attached hydrogen (secondary N) is 1. The van der Waals surface area contributed by atoms with Crippen LogP contribution in [0.3, 0.4) is 0 Å². The minimum absolute atomic E-state index is 0.253. The molecule has 0 amide bonds. The molecular formula is C25H20BrN5O4. The minimum atomic E-state index is -1.28. The number of fused-ring (bicyclic) bond motifs is 1. The summed E-state index contributed by atoms with van der Waals surface area (Å²) in [5.41, 5.74) is 0.388. The predicted molar refractivity (Wildman–Crippen MR) is 134 cm³/mol. The van der Waals surface area contributed by atoms with Gasteiger partial charge in [0.1, 0.15) is 11.3 Å². The van der Waals surface area contributed by atoms with Crippen molar-refractivity contribution < 1.29 is 14.6 Å². The molecular weight excluding hydrogens is 514 g/mol. The van der Waals surface area contributed by atoms with Gasteiger partial charge in [0, 0.05) is 41.1 Å². The summed E-state index contributed by atoms with van der Waals surface area (Å²) in [4.78, 5) is 33.0. The largest absolute Gasteiger partial charge is 0.477 e. The van der Waals surface area contributed by atoms with E-state index in [9.17, 15) is 14.7 Å². The number of hydrogen-bond donors (Lipinski definition) is 2. The molecule has 176 valence electrons. The molecule has 4 aromatic rings. The van der Waals surface area contributed by atoms with Crippen LogP contribution in [0.4, 0.5) is 11.6 Å². The highest BCUT2D eigenvalue weighted by atomic mass is 79.9. The van der Waals surface area contributed by atoms with Crippen LogP contribution in [0.2, 0.25) is 0 Å². The van der Waals surface area contributed by atoms with Crippen LogP contribution in [0.25, 0.3) is 10.9 Å². The fraction of sp³-hybridized carbons (Fsp3) is 0.160. The molecule has 2 aromatic carbocycles. The molecule has 0 aliphatic carbocycles. The van der Waals surface area contributed by atoms with Crippen molar-refractivity contribution in [1.82, 2.24) is 14.5 Å². The molecule has 0 aliphatic rings. The van der Waals surface area contributed by atoms with Gasteiger partial charge in [-0.05, 0) is 67.0 Å². The van der Waals surface area contributed by atoms with Gasteiger partial charge in [-0.3, -0.25) is 4.79 Å². The van der Waals surface area contributed by atoms with Crippen molar-refractivity contribution in [3.8, 4) is 17.7 Å². The average molecular weight is 534 g/mol. The number of aromatic nitrogens is 3. The maximum Gasteiger partial charge on any atom is 0.341 e. The lowest BCUT2D eigenvalue weighted by Gasteiger charge is -2.26. The summed E-state index contributed by atoms with van der Waals surface area (Å²) < 4.78 is 8.21. The molecule has 10 heteroatoms. The standard InChI is InChI=1S/C25H20BrN5O4/c1-25(2,3)31-13-17(23(33)34)22(32)16-10-18(26)20(11-19(16)31)35-21-8-9-28-24(30-21)29-15-6-4-14(12-27)5-7-15/h4-11,13H,1-3H3,(H,33,34)(H,28,29,30). The van der Waals surface area contributed by atoms with Crippen LogP contribution in [0.5, 0.6) is 11.6 Å². The van der Waals surface area contributed by atoms with Crippen LogP contribution in [0.15, 0.2) is 64.1 Å². The number of benzene rings is 2. The van der Waals surface area contributed by atoms with Crippen LogP contribution in [-0.4, -0.2) is 25.6 Å². The van der Waals surface area contributed by atoms with Crippen molar-refractivity contribution in [2.45, 2.75) is 26.3 Å². The van der Waals surface area contributed by atoms with E-state index in [2.05, 4.69) is 37.3 Å². The van der Waals surface area contributed by atoms with Gasteiger partial charge in [-0.25, -0.2) is 9.78 Å². The number of aromatic carboxylic acids is 1. The van der Waals surface area contributed by atoms with Crippen LogP contribution in [0.1, 0.15) is 36.7 Å². The molecule has 2 heterocycles. The summed E-state index contributed by atoms with van der Waals surface area (Å²) in [6, 6.07) is 13.7. The molecule has 0 saturated carbocycles. The van der Waals surface area contributed by atoms with Crippen molar-refractivity contribution in [3.05, 3.63) is 80.7 Å². The summed E-state index contributed by atoms with van der Waals surface area (Å²) in [5, 5.41) is 21.8. The van der Waals surface area contributed by atoms with Crippen LogP contribution in [0, 0.1) is 11.3 Å². The number of nitrogens with zero attached hydrogens (tertiary/aromatic N) is 4. The first-order valence-electron chi connectivity index (χ1n) is 10.5. The molecule has 2 N–H and O–H groups in total. The zero-order valence-electron chi connectivity index (χ0n) is 19.0. The van der Waals surface area contributed by atoms with Crippen LogP contribution < -0.4 is 15.5 Å². The molecule has 0 fully saturated rings. The number of hydrogen-bond acceptors (Lipinski definition) is 7. The lowest BCUT2D eigenvalue weighted by atomic mass is 10.0. The Morgan fingerprint density at radius 2 is 1.91 bits per heavy atom. The van der Waals surface area contributed by atoms with Crippen molar-refractivity contribution in [1.29, 1.82) is 5.26 Å². The number of carboxylic acid groups (broad SMARTS) is 1. The average Bonchev–Trinajstić information content (AvgIpc) is 2.80. The highest BCUT2D eigenvalue weighted by Gasteiger charge is 2.22. The summed E-state index contributed by atoms with van der Waals surface area (Å²) in [7, 11) is 0. The predicted octanol–water partition coefficient (Wildman–Crippen LogP) is 5.41. The summed E-state index contributed by atoms with van der Waals surface area (Å²) in [6.45, 7) is 5.74. The first-order valence-corrected chi connectivity index (χ1v) is 11.3. The minimum Gasteiger partial charge on any atom is -0.477 e. The second-order valence-corrected chi connectivity index (χ2v) is 9.51. The van der Waals surface area contributed by atoms with Crippen LogP contribution >= 0.6 is 15.9 Å². The van der Waals surface area contributed by atoms with Gasteiger partial charge in [0.05, 0.1) is 21.6 Å². The van der Waals surface area contributed by atoms with E-state index in [0.717, 1.165) is 0 Å². The van der Waals surface area contributed by atoms with Gasteiger partial charge in [-0.2, -0.15) is 10.2 Å². The van der Waals surface area contributed by atoms with E-state index >= 15 is 0 Å². The zero-order valence-corrected chi connectivity index (χ0v) is 20.6. The summed E-state index contributed by atoms with van der Waals surface area (Å²) in [6.07, 6.45) is 2.89. The number of rotatable bonds is 5. The number of halogens is 1. The van der Waals surface area contributed by atoms with E-state index in [4.69, 9.17) is 10.00 Å². The Balaban J connectivity index is 1.73. The molecule has 0 spiro atoms. The molecule has 0 unspecified atom stereocenters. The normalized spacial score (nSPS) is 11.2. The Bertz CT molecular complexity index is 1550. The van der Waals surface area contributed by atoms with Crippen molar-refractivity contribution in [2.24, 2.45) is 0 Å². The van der Waals surface area contributed by atoms with Crippen molar-refractivity contribution in [2.75, 3.05) is 5.32 Å². The maximum atomic E-state index is 12.8. The van der Waals surface area contributed by atoms with E-state index in [0.29, 0.717) is 32.9 Å². The van der Waals surface area contributed by atoms with Gasteiger partial charge in [0.15, 0.2) is 0 Å². The number of nitriles is 1. The van der Waals surface area contributed by atoms with E-state index in [-0.39, 0.29) is 16.8 Å². The van der Waals surface area contributed by atoms with E-state index in [1.807, 2.05) is 20.8 Å². The fourth-order valence-corrected chi connectivity index (χ4v) is 3.87. The molecule has 0 atom stereocenters. The molecule has 0 bridgehead atoms. The van der Waals surface area contributed by atoms with Gasteiger partial charge >= 0.3 is 5.97 Å². The Kier molecular flexibility index (Phi) is 6.28. The number of ether oxygens (including phenoxy) is 1. The Labute approximate surface area is 208 Å². The van der Waals surface area contributed by atoms with E-state index < -0.39 is 16.9 Å². The van der Waals surface area contributed by atoms with E-state index in [1.165, 1.54) is 12.4 Å². The molecule has 0 saturated heterocycles.